The molecule has 0 aliphatic rings. The van der Waals surface area contributed by atoms with Crippen molar-refractivity contribution in [2.75, 3.05) is 12.9 Å². The van der Waals surface area contributed by atoms with Gasteiger partial charge in [-0.3, -0.25) is 10.1 Å². The van der Waals surface area contributed by atoms with Gasteiger partial charge in [0.15, 0.2) is 9.84 Å². The molecule has 18 heavy (non-hydrogen) atoms. The Morgan fingerprint density at radius 3 is 2.17 bits per heavy atom. The van der Waals surface area contributed by atoms with E-state index >= 15 is 0 Å². The minimum atomic E-state index is -3.35. The summed E-state index contributed by atoms with van der Waals surface area (Å²) in [6, 6.07) is 3.54. The van der Waals surface area contributed by atoms with Crippen molar-refractivity contribution in [2.45, 2.75) is 17.0 Å². The fraction of sp³-hybridized carbons (Fsp3) is 0.400. The first kappa shape index (κ1) is 14.6. The Balaban J connectivity index is 3.02. The van der Waals surface area contributed by atoms with Crippen LogP contribution in [0.1, 0.15) is 11.7 Å². The number of nitrogens with zero attached hydrogens (tertiary/aromatic N) is 1. The second kappa shape index (κ2) is 5.42. The van der Waals surface area contributed by atoms with Gasteiger partial charge >= 0.3 is 0 Å². The monoisotopic (exact) mass is 275 g/mol. The van der Waals surface area contributed by atoms with Crippen LogP contribution in [0.2, 0.25) is 0 Å². The third kappa shape index (κ3) is 3.25. The molecule has 8 heteroatoms. The second-order valence-corrected chi connectivity index (χ2v) is 5.84. The summed E-state index contributed by atoms with van der Waals surface area (Å²) in [6.07, 6.45) is -0.454. The predicted octanol–water partition coefficient (Wildman–Crippen LogP) is -0.239. The summed E-state index contributed by atoms with van der Waals surface area (Å²) in [5.41, 5.74) is 0.179. The van der Waals surface area contributed by atoms with Gasteiger partial charge in [0.25, 0.3) is 6.04 Å². The van der Waals surface area contributed by atoms with Gasteiger partial charge in [-0.2, -0.15) is 0 Å². The molecule has 0 aromatic heterocycles. The second-order valence-electron chi connectivity index (χ2n) is 3.82. The Morgan fingerprint density at radius 1 is 1.33 bits per heavy atom. The van der Waals surface area contributed by atoms with Crippen molar-refractivity contribution in [3.8, 4) is 0 Å². The molecule has 0 aliphatic heterocycles. The number of hydrogen-bond acceptors (Lipinski definition) is 6. The molecule has 0 aliphatic carbocycles. The fourth-order valence-corrected chi connectivity index (χ4v) is 2.05. The lowest BCUT2D eigenvalue weighted by Gasteiger charge is -2.14. The van der Waals surface area contributed by atoms with Gasteiger partial charge in [0.2, 0.25) is 0 Å². The van der Waals surface area contributed by atoms with E-state index in [1.54, 1.807) is 0 Å². The molecule has 0 radical (unpaired) electrons. The van der Waals surface area contributed by atoms with Crippen LogP contribution in [-0.2, 0) is 9.84 Å². The summed E-state index contributed by atoms with van der Waals surface area (Å²) in [7, 11) is -3.35. The first-order valence-electron chi connectivity index (χ1n) is 5.00. The van der Waals surface area contributed by atoms with Crippen LogP contribution in [0.3, 0.4) is 0 Å². The quantitative estimate of drug-likeness (QED) is 0.565. The lowest BCUT2D eigenvalue weighted by molar-refractivity contribution is -0.539. The molecule has 0 saturated carbocycles. The molecule has 1 rings (SSSR count). The molecule has 0 heterocycles. The van der Waals surface area contributed by atoms with Crippen LogP contribution < -0.4 is 0 Å². The number of aliphatic hydroxyl groups excluding tert-OH is 2. The van der Waals surface area contributed by atoms with Crippen LogP contribution in [0, 0.1) is 10.1 Å². The zero-order valence-electron chi connectivity index (χ0n) is 9.55. The topological polar surface area (TPSA) is 118 Å². The molecule has 0 bridgehead atoms. The Hall–Kier alpha value is -1.51. The molecule has 0 spiro atoms. The Morgan fingerprint density at radius 2 is 1.83 bits per heavy atom. The summed E-state index contributed by atoms with van der Waals surface area (Å²) < 4.78 is 22.4. The highest BCUT2D eigenvalue weighted by Crippen LogP contribution is 2.20. The molecule has 7 nitrogen and oxygen atoms in total. The van der Waals surface area contributed by atoms with Crippen molar-refractivity contribution < 1.29 is 23.6 Å². The van der Waals surface area contributed by atoms with Crippen molar-refractivity contribution in [1.29, 1.82) is 0 Å². The summed E-state index contributed by atoms with van der Waals surface area (Å²) in [5, 5.41) is 29.1. The highest BCUT2D eigenvalue weighted by Gasteiger charge is 2.30. The minimum Gasteiger partial charge on any atom is -0.389 e. The van der Waals surface area contributed by atoms with Gasteiger partial charge in [0.05, 0.1) is 4.90 Å². The third-order valence-corrected chi connectivity index (χ3v) is 3.60. The lowest BCUT2D eigenvalue weighted by atomic mass is 10.0. The van der Waals surface area contributed by atoms with E-state index < -0.39 is 33.5 Å². The highest BCUT2D eigenvalue weighted by atomic mass is 32.2. The molecule has 0 fully saturated rings. The number of rotatable bonds is 5. The van der Waals surface area contributed by atoms with Gasteiger partial charge in [-0.15, -0.1) is 0 Å². The fourth-order valence-electron chi connectivity index (χ4n) is 1.42. The van der Waals surface area contributed by atoms with Gasteiger partial charge in [-0.1, -0.05) is 12.1 Å². The Labute approximate surface area is 104 Å². The van der Waals surface area contributed by atoms with E-state index in [9.17, 15) is 23.6 Å². The number of hydrogen-bond donors (Lipinski definition) is 2. The van der Waals surface area contributed by atoms with Gasteiger partial charge < -0.3 is 10.2 Å². The zero-order valence-corrected chi connectivity index (χ0v) is 10.4. The van der Waals surface area contributed by atoms with Crippen molar-refractivity contribution in [3.05, 3.63) is 39.9 Å². The van der Waals surface area contributed by atoms with Crippen molar-refractivity contribution in [2.24, 2.45) is 0 Å². The summed E-state index contributed by atoms with van der Waals surface area (Å²) in [6.45, 7) is -0.804. The van der Waals surface area contributed by atoms with Crippen LogP contribution >= 0.6 is 0 Å². The number of sulfone groups is 1. The standard InChI is InChI=1S/C10H13NO6S/c1-18(16,17)8-4-2-7(3-5-8)10(13)9(6-12)11(14)15/h2-5,9-10,12-13H,6H2,1H3/t9-,10-/m0/s1. The maximum absolute atomic E-state index is 11.2. The van der Waals surface area contributed by atoms with E-state index in [4.69, 9.17) is 5.11 Å². The van der Waals surface area contributed by atoms with Crippen LogP contribution in [0.25, 0.3) is 0 Å². The third-order valence-electron chi connectivity index (χ3n) is 2.47. The van der Waals surface area contributed by atoms with Crippen LogP contribution in [-0.4, -0.2) is 42.5 Å². The SMILES string of the molecule is CS(=O)(=O)c1ccc([C@H](O)[C@H](CO)[N+](=O)[O-])cc1. The van der Waals surface area contributed by atoms with Crippen molar-refractivity contribution in [1.82, 2.24) is 0 Å². The maximum atomic E-state index is 11.2. The summed E-state index contributed by atoms with van der Waals surface area (Å²) in [5.74, 6) is 0. The molecule has 1 aromatic rings. The molecule has 2 atom stereocenters. The molecule has 100 valence electrons. The number of nitro groups is 1. The van der Waals surface area contributed by atoms with E-state index in [-0.39, 0.29) is 10.5 Å². The minimum absolute atomic E-state index is 0.0556. The van der Waals surface area contributed by atoms with E-state index in [1.165, 1.54) is 24.3 Å². The number of aliphatic hydroxyl groups is 2. The van der Waals surface area contributed by atoms with Crippen LogP contribution in [0.4, 0.5) is 0 Å². The van der Waals surface area contributed by atoms with Crippen LogP contribution in [0.15, 0.2) is 29.2 Å². The molecular weight excluding hydrogens is 262 g/mol. The normalized spacial score (nSPS) is 15.1. The molecule has 2 N–H and O–H groups in total. The van der Waals surface area contributed by atoms with E-state index in [0.717, 1.165) is 6.26 Å². The molecule has 0 saturated heterocycles. The molecular formula is C10H13NO6S. The van der Waals surface area contributed by atoms with Gasteiger partial charge in [0, 0.05) is 11.2 Å². The van der Waals surface area contributed by atoms with Gasteiger partial charge in [0.1, 0.15) is 12.7 Å². The van der Waals surface area contributed by atoms with E-state index in [2.05, 4.69) is 0 Å². The largest absolute Gasteiger partial charge is 0.389 e. The average Bonchev–Trinajstić information content (AvgIpc) is 2.28. The summed E-state index contributed by atoms with van der Waals surface area (Å²) in [4.78, 5) is 9.83. The van der Waals surface area contributed by atoms with Gasteiger partial charge in [-0.25, -0.2) is 8.42 Å². The maximum Gasteiger partial charge on any atom is 0.265 e. The predicted molar refractivity (Wildman–Crippen MR) is 62.4 cm³/mol. The molecule has 0 unspecified atom stereocenters. The average molecular weight is 275 g/mol. The lowest BCUT2D eigenvalue weighted by Crippen LogP contribution is -2.31. The van der Waals surface area contributed by atoms with Crippen molar-refractivity contribution >= 4 is 9.84 Å². The Bertz CT molecular complexity index is 524. The van der Waals surface area contributed by atoms with Gasteiger partial charge in [-0.05, 0) is 17.7 Å². The van der Waals surface area contributed by atoms with Crippen LogP contribution in [0.5, 0.6) is 0 Å². The first-order valence-corrected chi connectivity index (χ1v) is 6.89. The van der Waals surface area contributed by atoms with E-state index in [1.807, 2.05) is 0 Å². The Kier molecular flexibility index (Phi) is 4.38. The number of benzene rings is 1. The first-order chi connectivity index (χ1) is 8.27. The van der Waals surface area contributed by atoms with E-state index in [0.29, 0.717) is 0 Å². The zero-order chi connectivity index (χ0) is 13.9. The highest BCUT2D eigenvalue weighted by molar-refractivity contribution is 7.90. The van der Waals surface area contributed by atoms with Crippen molar-refractivity contribution in [3.63, 3.8) is 0 Å². The smallest absolute Gasteiger partial charge is 0.265 e. The molecule has 0 amide bonds. The summed E-state index contributed by atoms with van der Waals surface area (Å²) >= 11 is 0. The molecule has 1 aromatic carbocycles.